The summed E-state index contributed by atoms with van der Waals surface area (Å²) in [5.41, 5.74) is 2.04. The van der Waals surface area contributed by atoms with Gasteiger partial charge in [0.2, 0.25) is 0 Å². The third kappa shape index (κ3) is 2.32. The van der Waals surface area contributed by atoms with Crippen molar-refractivity contribution < 1.29 is 9.90 Å². The van der Waals surface area contributed by atoms with Crippen LogP contribution < -0.4 is 0 Å². The molecule has 5 heteroatoms. The second kappa shape index (κ2) is 4.53. The fourth-order valence-electron chi connectivity index (χ4n) is 2.70. The van der Waals surface area contributed by atoms with Gasteiger partial charge in [-0.3, -0.25) is 9.48 Å². The number of nitrogens with zero attached hydrogens (tertiary/aromatic N) is 2. The van der Waals surface area contributed by atoms with Crippen molar-refractivity contribution in [3.8, 4) is 0 Å². The zero-order chi connectivity index (χ0) is 13.6. The first-order valence-electron chi connectivity index (χ1n) is 6.40. The summed E-state index contributed by atoms with van der Waals surface area (Å²) in [4.78, 5) is 11.0. The molecule has 1 unspecified atom stereocenters. The Morgan fingerprint density at radius 3 is 2.95 bits per heavy atom. The first-order valence-corrected chi connectivity index (χ1v) is 6.78. The van der Waals surface area contributed by atoms with Crippen molar-refractivity contribution in [2.45, 2.75) is 25.2 Å². The molecule has 19 heavy (non-hydrogen) atoms. The van der Waals surface area contributed by atoms with Crippen LogP contribution in [0.1, 0.15) is 30.7 Å². The van der Waals surface area contributed by atoms with Gasteiger partial charge >= 0.3 is 5.97 Å². The van der Waals surface area contributed by atoms with Gasteiger partial charge in [-0.1, -0.05) is 17.7 Å². The Labute approximate surface area is 116 Å². The normalized spacial score (nSPS) is 16.7. The lowest BCUT2D eigenvalue weighted by Gasteiger charge is -2.14. The summed E-state index contributed by atoms with van der Waals surface area (Å²) in [6.45, 7) is 0. The number of carbonyl (C=O) groups is 1. The highest BCUT2D eigenvalue weighted by Gasteiger charge is 2.33. The fourth-order valence-corrected chi connectivity index (χ4v) is 2.98. The number of hydrogen-bond acceptors (Lipinski definition) is 2. The second-order valence-electron chi connectivity index (χ2n) is 5.23. The van der Waals surface area contributed by atoms with E-state index in [1.807, 2.05) is 25.2 Å². The van der Waals surface area contributed by atoms with E-state index in [0.29, 0.717) is 11.1 Å². The van der Waals surface area contributed by atoms with Gasteiger partial charge in [0, 0.05) is 12.4 Å². The summed E-state index contributed by atoms with van der Waals surface area (Å²) < 4.78 is 1.74. The van der Waals surface area contributed by atoms with E-state index in [1.165, 1.54) is 0 Å². The molecule has 4 nitrogen and oxygen atoms in total. The smallest absolute Gasteiger partial charge is 0.303 e. The number of carboxylic acids is 1. The van der Waals surface area contributed by atoms with Gasteiger partial charge in [-0.05, 0) is 42.4 Å². The Balaban J connectivity index is 2.03. The third-order valence-electron chi connectivity index (χ3n) is 3.84. The van der Waals surface area contributed by atoms with Crippen LogP contribution in [0.25, 0.3) is 10.9 Å². The standard InChI is InChI=1S/C14H15ClN2O2/c1-17-12-6-9(4-5-10(12)14(15)16-17)11(7-13(18)19)8-2-3-8/h4-6,8,11H,2-3,7H2,1H3,(H,18,19). The minimum Gasteiger partial charge on any atom is -0.481 e. The minimum atomic E-state index is -0.736. The fraction of sp³-hybridized carbons (Fsp3) is 0.429. The SMILES string of the molecule is Cn1nc(Cl)c2ccc(C(CC(=O)O)C3CC3)cc21. The van der Waals surface area contributed by atoms with Crippen molar-refractivity contribution in [3.63, 3.8) is 0 Å². The molecule has 1 atom stereocenters. The van der Waals surface area contributed by atoms with Crippen molar-refractivity contribution in [2.24, 2.45) is 13.0 Å². The topological polar surface area (TPSA) is 55.1 Å². The molecule has 1 fully saturated rings. The predicted octanol–water partition coefficient (Wildman–Crippen LogP) is 3.20. The summed E-state index contributed by atoms with van der Waals surface area (Å²) >= 11 is 6.04. The molecule has 0 amide bonds. The van der Waals surface area contributed by atoms with Crippen molar-refractivity contribution in [1.29, 1.82) is 0 Å². The first kappa shape index (κ1) is 12.5. The highest BCUT2D eigenvalue weighted by atomic mass is 35.5. The Morgan fingerprint density at radius 1 is 1.58 bits per heavy atom. The van der Waals surface area contributed by atoms with Gasteiger partial charge in [0.1, 0.15) is 0 Å². The molecular formula is C14H15ClN2O2. The van der Waals surface area contributed by atoms with Crippen molar-refractivity contribution in [2.75, 3.05) is 0 Å². The average molecular weight is 279 g/mol. The molecule has 3 rings (SSSR count). The highest BCUT2D eigenvalue weighted by molar-refractivity contribution is 6.34. The molecule has 1 aromatic carbocycles. The van der Waals surface area contributed by atoms with E-state index in [9.17, 15) is 4.79 Å². The molecule has 0 aliphatic heterocycles. The van der Waals surface area contributed by atoms with Gasteiger partial charge in [-0.2, -0.15) is 5.10 Å². The van der Waals surface area contributed by atoms with Crippen LogP contribution in [0.4, 0.5) is 0 Å². The number of rotatable bonds is 4. The number of carboxylic acid groups (broad SMARTS) is 1. The first-order chi connectivity index (χ1) is 9.06. The lowest BCUT2D eigenvalue weighted by molar-refractivity contribution is -0.137. The van der Waals surface area contributed by atoms with E-state index in [1.54, 1.807) is 4.68 Å². The number of aromatic nitrogens is 2. The summed E-state index contributed by atoms with van der Waals surface area (Å²) in [5, 5.41) is 14.6. The second-order valence-corrected chi connectivity index (χ2v) is 5.59. The van der Waals surface area contributed by atoms with E-state index < -0.39 is 5.97 Å². The number of aliphatic carboxylic acids is 1. The summed E-state index contributed by atoms with van der Waals surface area (Å²) in [5.74, 6) is -0.118. The number of hydrogen-bond donors (Lipinski definition) is 1. The molecule has 1 saturated carbocycles. The maximum absolute atomic E-state index is 11.0. The summed E-state index contributed by atoms with van der Waals surface area (Å²) in [6.07, 6.45) is 2.45. The summed E-state index contributed by atoms with van der Waals surface area (Å²) in [7, 11) is 1.85. The average Bonchev–Trinajstić information content (AvgIpc) is 3.15. The van der Waals surface area contributed by atoms with Crippen molar-refractivity contribution in [3.05, 3.63) is 28.9 Å². The number of benzene rings is 1. The van der Waals surface area contributed by atoms with Crippen LogP contribution in [0, 0.1) is 5.92 Å². The minimum absolute atomic E-state index is 0.107. The van der Waals surface area contributed by atoms with Gasteiger partial charge in [-0.25, -0.2) is 0 Å². The lowest BCUT2D eigenvalue weighted by Crippen LogP contribution is -2.08. The van der Waals surface area contributed by atoms with Gasteiger partial charge in [-0.15, -0.1) is 0 Å². The van der Waals surface area contributed by atoms with Gasteiger partial charge in [0.15, 0.2) is 5.15 Å². The molecule has 2 aromatic rings. The van der Waals surface area contributed by atoms with E-state index in [4.69, 9.17) is 16.7 Å². The Morgan fingerprint density at radius 2 is 2.32 bits per heavy atom. The third-order valence-corrected chi connectivity index (χ3v) is 4.12. The summed E-state index contributed by atoms with van der Waals surface area (Å²) in [6, 6.07) is 5.96. The molecule has 1 aromatic heterocycles. The van der Waals surface area contributed by atoms with Crippen molar-refractivity contribution >= 4 is 28.5 Å². The van der Waals surface area contributed by atoms with Crippen LogP contribution in [-0.2, 0) is 11.8 Å². The molecule has 1 heterocycles. The molecule has 1 aliphatic rings. The van der Waals surface area contributed by atoms with E-state index in [-0.39, 0.29) is 12.3 Å². The zero-order valence-corrected chi connectivity index (χ0v) is 11.4. The maximum Gasteiger partial charge on any atom is 0.303 e. The van der Waals surface area contributed by atoms with Gasteiger partial charge in [0.25, 0.3) is 0 Å². The van der Waals surface area contributed by atoms with Crippen LogP contribution >= 0.6 is 11.6 Å². The maximum atomic E-state index is 11.0. The highest BCUT2D eigenvalue weighted by Crippen LogP contribution is 2.45. The van der Waals surface area contributed by atoms with E-state index >= 15 is 0 Å². The van der Waals surface area contributed by atoms with Gasteiger partial charge < -0.3 is 5.11 Å². The van der Waals surface area contributed by atoms with Crippen LogP contribution in [0.2, 0.25) is 5.15 Å². The molecule has 0 saturated heterocycles. The van der Waals surface area contributed by atoms with Crippen LogP contribution in [-0.4, -0.2) is 20.9 Å². The van der Waals surface area contributed by atoms with Gasteiger partial charge in [0.05, 0.1) is 11.9 Å². The quantitative estimate of drug-likeness (QED) is 0.934. The molecule has 0 spiro atoms. The molecule has 100 valence electrons. The molecule has 1 N–H and O–H groups in total. The van der Waals surface area contributed by atoms with E-state index in [0.717, 1.165) is 29.3 Å². The number of halogens is 1. The Bertz CT molecular complexity index is 646. The molecule has 1 aliphatic carbocycles. The number of aryl methyl sites for hydroxylation is 1. The number of fused-ring (bicyclic) bond motifs is 1. The molecule has 0 bridgehead atoms. The monoisotopic (exact) mass is 278 g/mol. The Kier molecular flexibility index (Phi) is 2.97. The lowest BCUT2D eigenvalue weighted by atomic mass is 9.90. The molecule has 0 radical (unpaired) electrons. The largest absolute Gasteiger partial charge is 0.481 e. The van der Waals surface area contributed by atoms with Crippen molar-refractivity contribution in [1.82, 2.24) is 9.78 Å². The van der Waals surface area contributed by atoms with E-state index in [2.05, 4.69) is 5.10 Å². The Hall–Kier alpha value is -1.55. The molecular weight excluding hydrogens is 264 g/mol. The van der Waals surface area contributed by atoms with Crippen LogP contribution in [0.15, 0.2) is 18.2 Å². The van der Waals surface area contributed by atoms with Crippen LogP contribution in [0.5, 0.6) is 0 Å². The zero-order valence-electron chi connectivity index (χ0n) is 10.6. The van der Waals surface area contributed by atoms with Crippen LogP contribution in [0.3, 0.4) is 0 Å². The predicted molar refractivity (Wildman–Crippen MR) is 73.4 cm³/mol.